The molecule has 3 aromatic carbocycles. The fourth-order valence-electron chi connectivity index (χ4n) is 3.70. The molecular weight excluding hydrogens is 310 g/mol. The van der Waals surface area contributed by atoms with Gasteiger partial charge in [-0.25, -0.2) is 0 Å². The van der Waals surface area contributed by atoms with Crippen molar-refractivity contribution in [2.45, 2.75) is 18.8 Å². The molecule has 0 spiro atoms. The molecule has 2 unspecified atom stereocenters. The minimum absolute atomic E-state index is 0.159. The summed E-state index contributed by atoms with van der Waals surface area (Å²) in [4.78, 5) is 0. The Morgan fingerprint density at radius 1 is 0.960 bits per heavy atom. The Morgan fingerprint density at radius 3 is 2.52 bits per heavy atom. The van der Waals surface area contributed by atoms with E-state index in [-0.39, 0.29) is 17.6 Å². The van der Waals surface area contributed by atoms with Crippen LogP contribution in [0.1, 0.15) is 34.1 Å². The third kappa shape index (κ3) is 2.93. The van der Waals surface area contributed by atoms with Crippen LogP contribution >= 0.6 is 0 Å². The second-order valence-electron chi connectivity index (χ2n) is 6.70. The van der Waals surface area contributed by atoms with Gasteiger partial charge in [-0.15, -0.1) is 0 Å². The summed E-state index contributed by atoms with van der Waals surface area (Å²) in [5.41, 5.74) is 11.4. The van der Waals surface area contributed by atoms with Crippen molar-refractivity contribution in [1.82, 2.24) is 0 Å². The summed E-state index contributed by atoms with van der Waals surface area (Å²) in [6.07, 6.45) is 0. The summed E-state index contributed by atoms with van der Waals surface area (Å²) in [5.74, 6) is 1.35. The van der Waals surface area contributed by atoms with Gasteiger partial charge in [-0.2, -0.15) is 0 Å². The minimum Gasteiger partial charge on any atom is -0.508 e. The highest BCUT2D eigenvalue weighted by atomic mass is 16.5. The van der Waals surface area contributed by atoms with Gasteiger partial charge in [0.15, 0.2) is 0 Å². The smallest absolute Gasteiger partial charge is 0.126 e. The minimum atomic E-state index is 0.159. The molecule has 0 aromatic heterocycles. The van der Waals surface area contributed by atoms with Crippen LogP contribution in [0.25, 0.3) is 0 Å². The first kappa shape index (κ1) is 15.6. The molecule has 0 aliphatic carbocycles. The molecule has 3 nitrogen and oxygen atoms in total. The molecular formula is C22H21NO2. The van der Waals surface area contributed by atoms with Crippen molar-refractivity contribution in [3.8, 4) is 11.5 Å². The summed E-state index contributed by atoms with van der Waals surface area (Å²) in [5, 5.41) is 9.80. The van der Waals surface area contributed by atoms with E-state index in [0.29, 0.717) is 6.61 Å². The molecule has 0 saturated heterocycles. The Hall–Kier alpha value is -2.94. The molecule has 3 heteroatoms. The van der Waals surface area contributed by atoms with Gasteiger partial charge in [-0.1, -0.05) is 48.0 Å². The lowest BCUT2D eigenvalue weighted by Gasteiger charge is -2.34. The molecule has 1 aliphatic rings. The van der Waals surface area contributed by atoms with E-state index in [1.165, 1.54) is 16.7 Å². The number of anilines is 1. The number of benzene rings is 3. The van der Waals surface area contributed by atoms with Crippen LogP contribution in [0, 0.1) is 6.92 Å². The van der Waals surface area contributed by atoms with Crippen molar-refractivity contribution in [3.05, 3.63) is 89.0 Å². The van der Waals surface area contributed by atoms with Gasteiger partial charge in [0, 0.05) is 29.2 Å². The molecule has 25 heavy (non-hydrogen) atoms. The van der Waals surface area contributed by atoms with Crippen LogP contribution in [-0.4, -0.2) is 11.7 Å². The van der Waals surface area contributed by atoms with Gasteiger partial charge in [0.1, 0.15) is 11.5 Å². The van der Waals surface area contributed by atoms with Crippen LogP contribution < -0.4 is 10.5 Å². The van der Waals surface area contributed by atoms with E-state index < -0.39 is 0 Å². The summed E-state index contributed by atoms with van der Waals surface area (Å²) in [6.45, 7) is 2.69. The lowest BCUT2D eigenvalue weighted by Crippen LogP contribution is -2.25. The molecule has 126 valence electrons. The van der Waals surface area contributed by atoms with E-state index in [1.54, 1.807) is 12.1 Å². The van der Waals surface area contributed by atoms with Crippen molar-refractivity contribution in [3.63, 3.8) is 0 Å². The molecule has 0 fully saturated rings. The van der Waals surface area contributed by atoms with Crippen molar-refractivity contribution < 1.29 is 9.84 Å². The van der Waals surface area contributed by atoms with E-state index in [4.69, 9.17) is 10.5 Å². The van der Waals surface area contributed by atoms with Gasteiger partial charge in [0.25, 0.3) is 0 Å². The first-order valence-corrected chi connectivity index (χ1v) is 8.49. The third-order valence-corrected chi connectivity index (χ3v) is 4.92. The van der Waals surface area contributed by atoms with Gasteiger partial charge in [0.05, 0.1) is 6.61 Å². The Kier molecular flexibility index (Phi) is 3.85. The molecule has 2 atom stereocenters. The van der Waals surface area contributed by atoms with Crippen LogP contribution in [0.5, 0.6) is 11.5 Å². The predicted molar refractivity (Wildman–Crippen MR) is 100 cm³/mol. The SMILES string of the molecule is Cc1cccc(C2COc3cc(O)ccc3C2c2ccc(N)cc2)c1. The fourth-order valence-corrected chi connectivity index (χ4v) is 3.70. The van der Waals surface area contributed by atoms with Crippen molar-refractivity contribution in [2.24, 2.45) is 0 Å². The normalized spacial score (nSPS) is 19.1. The van der Waals surface area contributed by atoms with E-state index >= 15 is 0 Å². The highest BCUT2D eigenvalue weighted by Crippen LogP contribution is 2.47. The molecule has 3 N–H and O–H groups in total. The topological polar surface area (TPSA) is 55.5 Å². The van der Waals surface area contributed by atoms with E-state index in [0.717, 1.165) is 17.0 Å². The van der Waals surface area contributed by atoms with Crippen molar-refractivity contribution in [2.75, 3.05) is 12.3 Å². The highest BCUT2D eigenvalue weighted by molar-refractivity contribution is 5.52. The maximum Gasteiger partial charge on any atom is 0.126 e. The summed E-state index contributed by atoms with van der Waals surface area (Å²) in [7, 11) is 0. The number of nitrogen functional groups attached to an aromatic ring is 1. The van der Waals surface area contributed by atoms with Crippen molar-refractivity contribution >= 4 is 5.69 Å². The second kappa shape index (κ2) is 6.17. The Morgan fingerprint density at radius 2 is 1.76 bits per heavy atom. The number of aromatic hydroxyl groups is 1. The number of fused-ring (bicyclic) bond motifs is 1. The van der Waals surface area contributed by atoms with Crippen LogP contribution in [0.2, 0.25) is 0 Å². The first-order valence-electron chi connectivity index (χ1n) is 8.49. The van der Waals surface area contributed by atoms with Crippen LogP contribution in [0.15, 0.2) is 66.7 Å². The van der Waals surface area contributed by atoms with Gasteiger partial charge < -0.3 is 15.6 Å². The monoisotopic (exact) mass is 331 g/mol. The summed E-state index contributed by atoms with van der Waals surface area (Å²) < 4.78 is 6.00. The molecule has 3 aromatic rings. The Labute approximate surface area is 147 Å². The summed E-state index contributed by atoms with van der Waals surface area (Å²) >= 11 is 0. The lowest BCUT2D eigenvalue weighted by atomic mass is 9.75. The van der Waals surface area contributed by atoms with Gasteiger partial charge in [0.2, 0.25) is 0 Å². The molecule has 0 saturated carbocycles. The number of aryl methyl sites for hydroxylation is 1. The standard InChI is InChI=1S/C22H21NO2/c1-14-3-2-4-16(11-14)20-13-25-21-12-18(24)9-10-19(21)22(20)15-5-7-17(23)8-6-15/h2-12,20,22,24H,13,23H2,1H3. The van der Waals surface area contributed by atoms with Crippen LogP contribution in [0.4, 0.5) is 5.69 Å². The molecule has 1 aliphatic heterocycles. The van der Waals surface area contributed by atoms with Gasteiger partial charge >= 0.3 is 0 Å². The number of hydrogen-bond acceptors (Lipinski definition) is 3. The fraction of sp³-hybridized carbons (Fsp3) is 0.182. The van der Waals surface area contributed by atoms with E-state index in [9.17, 15) is 5.11 Å². The van der Waals surface area contributed by atoms with E-state index in [2.05, 4.69) is 43.3 Å². The molecule has 0 amide bonds. The maximum atomic E-state index is 9.80. The zero-order valence-electron chi connectivity index (χ0n) is 14.1. The Bertz CT molecular complexity index is 902. The number of phenolic OH excluding ortho intramolecular Hbond substituents is 1. The van der Waals surface area contributed by atoms with Crippen LogP contribution in [-0.2, 0) is 0 Å². The molecule has 4 rings (SSSR count). The number of nitrogens with two attached hydrogens (primary N) is 1. The van der Waals surface area contributed by atoms with Crippen molar-refractivity contribution in [1.29, 1.82) is 0 Å². The lowest BCUT2D eigenvalue weighted by molar-refractivity contribution is 0.248. The van der Waals surface area contributed by atoms with Gasteiger partial charge in [-0.3, -0.25) is 0 Å². The number of phenols is 1. The molecule has 0 bridgehead atoms. The number of hydrogen-bond donors (Lipinski definition) is 2. The highest BCUT2D eigenvalue weighted by Gasteiger charge is 2.33. The molecule has 0 radical (unpaired) electrons. The third-order valence-electron chi connectivity index (χ3n) is 4.92. The van der Waals surface area contributed by atoms with Crippen LogP contribution in [0.3, 0.4) is 0 Å². The largest absolute Gasteiger partial charge is 0.508 e. The average molecular weight is 331 g/mol. The van der Waals surface area contributed by atoms with E-state index in [1.807, 2.05) is 18.2 Å². The zero-order chi connectivity index (χ0) is 17.4. The Balaban J connectivity index is 1.86. The summed E-state index contributed by atoms with van der Waals surface area (Å²) in [6, 6.07) is 22.0. The average Bonchev–Trinajstić information content (AvgIpc) is 2.61. The first-order chi connectivity index (χ1) is 12.1. The number of ether oxygens (including phenoxy) is 1. The maximum absolute atomic E-state index is 9.80. The molecule has 1 heterocycles. The zero-order valence-corrected chi connectivity index (χ0v) is 14.1. The second-order valence-corrected chi connectivity index (χ2v) is 6.70. The number of rotatable bonds is 2. The quantitative estimate of drug-likeness (QED) is 0.675. The van der Waals surface area contributed by atoms with Gasteiger partial charge in [-0.05, 0) is 36.2 Å². The predicted octanol–water partition coefficient (Wildman–Crippen LogP) is 4.59.